The molecule has 28 heavy (non-hydrogen) atoms. The maximum Gasteiger partial charge on any atom is 0.322 e. The van der Waals surface area contributed by atoms with Crippen LogP contribution in [0.3, 0.4) is 0 Å². The number of anilines is 1. The Bertz CT molecular complexity index is 721. The van der Waals surface area contributed by atoms with E-state index in [2.05, 4.69) is 5.32 Å². The lowest BCUT2D eigenvalue weighted by Crippen LogP contribution is -2.43. The third-order valence-corrected chi connectivity index (χ3v) is 6.88. The van der Waals surface area contributed by atoms with Gasteiger partial charge in [-0.1, -0.05) is 31.4 Å². The molecule has 5 heteroatoms. The molecule has 0 bridgehead atoms. The van der Waals surface area contributed by atoms with E-state index in [-0.39, 0.29) is 11.9 Å². The second kappa shape index (κ2) is 8.54. The zero-order chi connectivity index (χ0) is 19.5. The van der Waals surface area contributed by atoms with Gasteiger partial charge in [0.2, 0.25) is 0 Å². The summed E-state index contributed by atoms with van der Waals surface area (Å²) < 4.78 is 0. The number of likely N-dealkylation sites (tertiary alicyclic amines) is 2. The van der Waals surface area contributed by atoms with Gasteiger partial charge in [-0.25, -0.2) is 4.79 Å². The number of hydrogen-bond acceptors (Lipinski definition) is 2. The Labute approximate surface area is 168 Å². The first kappa shape index (κ1) is 19.3. The lowest BCUT2D eigenvalue weighted by molar-refractivity contribution is 0.0793. The number of carbonyl (C=O) groups is 2. The predicted octanol–water partition coefficient (Wildman–Crippen LogP) is 4.81. The van der Waals surface area contributed by atoms with Crippen LogP contribution in [0.2, 0.25) is 0 Å². The molecule has 2 heterocycles. The Kier molecular flexibility index (Phi) is 5.88. The number of urea groups is 1. The molecule has 5 nitrogen and oxygen atoms in total. The quantitative estimate of drug-likeness (QED) is 0.814. The van der Waals surface area contributed by atoms with Crippen molar-refractivity contribution in [1.82, 2.24) is 9.80 Å². The molecular formula is C23H33N3O2. The molecule has 152 valence electrons. The van der Waals surface area contributed by atoms with E-state index in [4.69, 9.17) is 0 Å². The Balaban J connectivity index is 1.51. The predicted molar refractivity (Wildman–Crippen MR) is 112 cm³/mol. The first-order valence-corrected chi connectivity index (χ1v) is 11.1. The van der Waals surface area contributed by atoms with E-state index in [0.29, 0.717) is 23.2 Å². The minimum absolute atomic E-state index is 0.0332. The van der Waals surface area contributed by atoms with E-state index >= 15 is 0 Å². The van der Waals surface area contributed by atoms with Crippen LogP contribution in [-0.2, 0) is 0 Å². The summed E-state index contributed by atoms with van der Waals surface area (Å²) in [6, 6.07) is 6.09. The minimum Gasteiger partial charge on any atom is -0.339 e. The van der Waals surface area contributed by atoms with Crippen molar-refractivity contribution in [2.45, 2.75) is 70.8 Å². The molecule has 2 aliphatic heterocycles. The Morgan fingerprint density at radius 3 is 2.43 bits per heavy atom. The van der Waals surface area contributed by atoms with Gasteiger partial charge < -0.3 is 15.1 Å². The second-order valence-corrected chi connectivity index (χ2v) is 8.73. The third-order valence-electron chi connectivity index (χ3n) is 6.88. The average molecular weight is 384 g/mol. The highest BCUT2D eigenvalue weighted by Gasteiger charge is 2.35. The molecule has 2 saturated heterocycles. The maximum absolute atomic E-state index is 13.2. The van der Waals surface area contributed by atoms with Gasteiger partial charge >= 0.3 is 6.03 Å². The normalized spacial score (nSPS) is 23.2. The topological polar surface area (TPSA) is 52.7 Å². The molecule has 1 unspecified atom stereocenters. The highest BCUT2D eigenvalue weighted by Crippen LogP contribution is 2.35. The Morgan fingerprint density at radius 1 is 0.929 bits per heavy atom. The van der Waals surface area contributed by atoms with E-state index in [1.807, 2.05) is 34.9 Å². The zero-order valence-corrected chi connectivity index (χ0v) is 17.1. The number of amides is 3. The molecule has 1 atom stereocenters. The molecule has 3 amide bonds. The molecule has 4 rings (SSSR count). The summed E-state index contributed by atoms with van der Waals surface area (Å²) in [6.45, 7) is 4.42. The summed E-state index contributed by atoms with van der Waals surface area (Å²) in [7, 11) is 0. The van der Waals surface area contributed by atoms with E-state index in [1.165, 1.54) is 32.1 Å². The molecule has 0 radical (unpaired) electrons. The van der Waals surface area contributed by atoms with Crippen LogP contribution < -0.4 is 5.32 Å². The van der Waals surface area contributed by atoms with Gasteiger partial charge in [-0.15, -0.1) is 0 Å². The van der Waals surface area contributed by atoms with Gasteiger partial charge in [-0.3, -0.25) is 4.79 Å². The van der Waals surface area contributed by atoms with Gasteiger partial charge in [0.15, 0.2) is 0 Å². The van der Waals surface area contributed by atoms with Crippen LogP contribution in [0.25, 0.3) is 0 Å². The number of rotatable bonds is 3. The van der Waals surface area contributed by atoms with Crippen molar-refractivity contribution in [3.8, 4) is 0 Å². The van der Waals surface area contributed by atoms with E-state index < -0.39 is 0 Å². The molecule has 1 aliphatic carbocycles. The minimum atomic E-state index is -0.0332. The van der Waals surface area contributed by atoms with E-state index in [0.717, 1.165) is 50.9 Å². The fourth-order valence-corrected chi connectivity index (χ4v) is 5.37. The highest BCUT2D eigenvalue weighted by molar-refractivity contribution is 6.04. The summed E-state index contributed by atoms with van der Waals surface area (Å²) in [4.78, 5) is 30.2. The summed E-state index contributed by atoms with van der Waals surface area (Å²) >= 11 is 0. The molecule has 1 aromatic rings. The van der Waals surface area contributed by atoms with Crippen LogP contribution in [0.5, 0.6) is 0 Å². The van der Waals surface area contributed by atoms with Crippen molar-refractivity contribution in [3.63, 3.8) is 0 Å². The van der Waals surface area contributed by atoms with Crippen LogP contribution >= 0.6 is 0 Å². The maximum atomic E-state index is 13.2. The number of nitrogens with zero attached hydrogens (tertiary/aromatic N) is 2. The van der Waals surface area contributed by atoms with Gasteiger partial charge in [-0.2, -0.15) is 0 Å². The van der Waals surface area contributed by atoms with Crippen LogP contribution in [0.4, 0.5) is 10.5 Å². The van der Waals surface area contributed by atoms with Crippen LogP contribution in [0.15, 0.2) is 18.2 Å². The monoisotopic (exact) mass is 383 g/mol. The van der Waals surface area contributed by atoms with Gasteiger partial charge in [0, 0.05) is 25.7 Å². The number of carbonyl (C=O) groups excluding carboxylic acids is 2. The largest absolute Gasteiger partial charge is 0.339 e. The second-order valence-electron chi connectivity index (χ2n) is 8.73. The van der Waals surface area contributed by atoms with Gasteiger partial charge in [-0.05, 0) is 63.0 Å². The highest BCUT2D eigenvalue weighted by atomic mass is 16.2. The smallest absolute Gasteiger partial charge is 0.322 e. The van der Waals surface area contributed by atoms with Crippen molar-refractivity contribution in [2.75, 3.05) is 25.0 Å². The lowest BCUT2D eigenvalue weighted by atomic mass is 9.83. The summed E-state index contributed by atoms with van der Waals surface area (Å²) in [5.74, 6) is 0.696. The lowest BCUT2D eigenvalue weighted by Gasteiger charge is -2.34. The zero-order valence-electron chi connectivity index (χ0n) is 17.1. The molecule has 0 spiro atoms. The number of aryl methyl sites for hydroxylation is 1. The third kappa shape index (κ3) is 3.89. The Morgan fingerprint density at radius 2 is 1.68 bits per heavy atom. The first-order valence-electron chi connectivity index (χ1n) is 11.1. The number of benzene rings is 1. The van der Waals surface area contributed by atoms with Gasteiger partial charge in [0.25, 0.3) is 5.91 Å². The number of nitrogens with one attached hydrogen (secondary N) is 1. The summed E-state index contributed by atoms with van der Waals surface area (Å²) in [5.41, 5.74) is 2.25. The van der Waals surface area contributed by atoms with Crippen molar-refractivity contribution in [1.29, 1.82) is 0 Å². The Hall–Kier alpha value is -2.04. The van der Waals surface area contributed by atoms with E-state index in [9.17, 15) is 9.59 Å². The molecule has 3 fully saturated rings. The SMILES string of the molecule is Cc1cccc(NC(=O)N2CCCC2C2CCCCC2)c1C(=O)N1CCCC1. The number of hydrogen-bond donors (Lipinski definition) is 1. The standard InChI is InChI=1S/C23H33N3O2/c1-17-9-7-12-19(21(17)22(27)25-14-5-6-15-25)24-23(28)26-16-8-13-20(26)18-10-3-2-4-11-18/h7,9,12,18,20H,2-6,8,10-11,13-16H2,1H3,(H,24,28). The fourth-order valence-electron chi connectivity index (χ4n) is 5.37. The average Bonchev–Trinajstić information content (AvgIpc) is 3.40. The van der Waals surface area contributed by atoms with Crippen molar-refractivity contribution in [2.24, 2.45) is 5.92 Å². The van der Waals surface area contributed by atoms with E-state index in [1.54, 1.807) is 0 Å². The molecule has 1 N–H and O–H groups in total. The molecular weight excluding hydrogens is 350 g/mol. The molecule has 1 saturated carbocycles. The van der Waals surface area contributed by atoms with Crippen molar-refractivity contribution < 1.29 is 9.59 Å². The molecule has 3 aliphatic rings. The first-order chi connectivity index (χ1) is 13.6. The van der Waals surface area contributed by atoms with Gasteiger partial charge in [0.1, 0.15) is 0 Å². The van der Waals surface area contributed by atoms with Crippen molar-refractivity contribution in [3.05, 3.63) is 29.3 Å². The summed E-state index contributed by atoms with van der Waals surface area (Å²) in [5, 5.41) is 3.11. The van der Waals surface area contributed by atoms with Gasteiger partial charge in [0.05, 0.1) is 11.3 Å². The molecule has 0 aromatic heterocycles. The fraction of sp³-hybridized carbons (Fsp3) is 0.652. The van der Waals surface area contributed by atoms with Crippen molar-refractivity contribution >= 4 is 17.6 Å². The van der Waals surface area contributed by atoms with Crippen LogP contribution in [0, 0.1) is 12.8 Å². The van der Waals surface area contributed by atoms with Crippen LogP contribution in [0.1, 0.15) is 73.7 Å². The molecule has 1 aromatic carbocycles. The summed E-state index contributed by atoms with van der Waals surface area (Å²) in [6.07, 6.45) is 10.8. The van der Waals surface area contributed by atoms with Crippen LogP contribution in [-0.4, -0.2) is 47.4 Å².